The quantitative estimate of drug-likeness (QED) is 0.848. The molecular weight excluding hydrogens is 276 g/mol. The molecule has 2 bridgehead atoms. The summed E-state index contributed by atoms with van der Waals surface area (Å²) >= 11 is 0. The van der Waals surface area contributed by atoms with Crippen LogP contribution < -0.4 is 4.90 Å². The maximum absolute atomic E-state index is 4.63. The lowest BCUT2D eigenvalue weighted by molar-refractivity contribution is 0.254. The smallest absolute Gasteiger partial charge is 0.200 e. The predicted octanol–water partition coefficient (Wildman–Crippen LogP) is 1.92. The SMILES string of the molecule is CC(C)c1cc(N2CC[C@H]3CC[C@@H](C2)N3C)c2nncn2n1. The first-order valence-corrected chi connectivity index (χ1v) is 8.31. The minimum atomic E-state index is 0.400. The molecule has 6 nitrogen and oxygen atoms in total. The molecule has 0 radical (unpaired) electrons. The summed E-state index contributed by atoms with van der Waals surface area (Å²) in [5.74, 6) is 0.400. The third-order valence-corrected chi connectivity index (χ3v) is 5.35. The van der Waals surface area contributed by atoms with Gasteiger partial charge in [-0.15, -0.1) is 10.2 Å². The molecule has 2 fully saturated rings. The number of hydrogen-bond donors (Lipinski definition) is 0. The summed E-state index contributed by atoms with van der Waals surface area (Å²) < 4.78 is 1.83. The van der Waals surface area contributed by atoms with Crippen LogP contribution in [0.1, 0.15) is 44.7 Å². The Hall–Kier alpha value is -1.69. The summed E-state index contributed by atoms with van der Waals surface area (Å²) in [6, 6.07) is 3.62. The van der Waals surface area contributed by atoms with E-state index in [4.69, 9.17) is 0 Å². The van der Waals surface area contributed by atoms with Crippen LogP contribution in [0.5, 0.6) is 0 Å². The fourth-order valence-corrected chi connectivity index (χ4v) is 3.87. The minimum absolute atomic E-state index is 0.400. The van der Waals surface area contributed by atoms with Crippen molar-refractivity contribution < 1.29 is 0 Å². The first-order chi connectivity index (χ1) is 10.6. The average Bonchev–Trinajstić information content (AvgIpc) is 3.03. The standard InChI is InChI=1S/C16H24N6/c1-11(2)14-8-15(16-18-17-10-22(16)19-14)21-7-6-12-4-5-13(9-21)20(12)3/h8,10-13H,4-7,9H2,1-3H3/t12-,13+/m1/s1. The van der Waals surface area contributed by atoms with Crippen molar-refractivity contribution >= 4 is 11.3 Å². The predicted molar refractivity (Wildman–Crippen MR) is 86.3 cm³/mol. The van der Waals surface area contributed by atoms with E-state index in [1.54, 1.807) is 6.33 Å². The van der Waals surface area contributed by atoms with Crippen molar-refractivity contribution in [2.24, 2.45) is 0 Å². The largest absolute Gasteiger partial charge is 0.367 e. The number of hydrogen-bond acceptors (Lipinski definition) is 5. The molecule has 0 N–H and O–H groups in total. The van der Waals surface area contributed by atoms with E-state index in [0.717, 1.165) is 30.5 Å². The Balaban J connectivity index is 1.75. The molecule has 118 valence electrons. The van der Waals surface area contributed by atoms with Gasteiger partial charge in [0.2, 0.25) is 5.65 Å². The van der Waals surface area contributed by atoms with E-state index in [-0.39, 0.29) is 0 Å². The maximum Gasteiger partial charge on any atom is 0.200 e. The van der Waals surface area contributed by atoms with Crippen LogP contribution in [0.15, 0.2) is 12.4 Å². The molecule has 2 saturated heterocycles. The summed E-state index contributed by atoms with van der Waals surface area (Å²) in [4.78, 5) is 5.07. The molecule has 2 aliphatic heterocycles. The molecular formula is C16H24N6. The Morgan fingerprint density at radius 3 is 2.82 bits per heavy atom. The van der Waals surface area contributed by atoms with Crippen LogP contribution >= 0.6 is 0 Å². The van der Waals surface area contributed by atoms with Crippen LogP contribution in [0, 0.1) is 0 Å². The molecule has 0 unspecified atom stereocenters. The van der Waals surface area contributed by atoms with E-state index in [9.17, 15) is 0 Å². The molecule has 22 heavy (non-hydrogen) atoms. The Morgan fingerprint density at radius 1 is 1.18 bits per heavy atom. The summed E-state index contributed by atoms with van der Waals surface area (Å²) in [6.45, 7) is 6.54. The van der Waals surface area contributed by atoms with E-state index in [2.05, 4.69) is 52.1 Å². The number of fused-ring (bicyclic) bond motifs is 3. The Labute approximate surface area is 131 Å². The molecule has 0 aliphatic carbocycles. The number of aromatic nitrogens is 4. The fourth-order valence-electron chi connectivity index (χ4n) is 3.87. The van der Waals surface area contributed by atoms with Gasteiger partial charge in [-0.1, -0.05) is 13.8 Å². The van der Waals surface area contributed by atoms with E-state index < -0.39 is 0 Å². The fraction of sp³-hybridized carbons (Fsp3) is 0.688. The van der Waals surface area contributed by atoms with Gasteiger partial charge in [0.05, 0.1) is 11.4 Å². The normalized spacial score (nSPS) is 26.1. The number of rotatable bonds is 2. The van der Waals surface area contributed by atoms with Gasteiger partial charge in [0, 0.05) is 25.2 Å². The van der Waals surface area contributed by atoms with Crippen molar-refractivity contribution in [2.75, 3.05) is 25.0 Å². The first kappa shape index (κ1) is 13.9. The van der Waals surface area contributed by atoms with E-state index in [0.29, 0.717) is 12.0 Å². The van der Waals surface area contributed by atoms with Gasteiger partial charge in [-0.05, 0) is 38.3 Å². The van der Waals surface area contributed by atoms with Gasteiger partial charge >= 0.3 is 0 Å². The second kappa shape index (κ2) is 5.19. The van der Waals surface area contributed by atoms with Crippen molar-refractivity contribution in [3.05, 3.63) is 18.1 Å². The molecule has 0 saturated carbocycles. The maximum atomic E-state index is 4.63. The number of anilines is 1. The van der Waals surface area contributed by atoms with Crippen molar-refractivity contribution in [1.29, 1.82) is 0 Å². The Bertz CT molecular complexity index is 678. The monoisotopic (exact) mass is 300 g/mol. The summed E-state index contributed by atoms with van der Waals surface area (Å²) in [7, 11) is 2.28. The minimum Gasteiger partial charge on any atom is -0.367 e. The average molecular weight is 300 g/mol. The van der Waals surface area contributed by atoms with E-state index in [1.165, 1.54) is 24.9 Å². The van der Waals surface area contributed by atoms with Crippen LogP contribution in [-0.2, 0) is 0 Å². The second-order valence-corrected chi connectivity index (χ2v) is 6.99. The number of likely N-dealkylation sites (N-methyl/N-ethyl adjacent to an activating group) is 1. The van der Waals surface area contributed by atoms with Crippen LogP contribution in [-0.4, -0.2) is 56.9 Å². The zero-order valence-corrected chi connectivity index (χ0v) is 13.6. The molecule has 0 aromatic carbocycles. The highest BCUT2D eigenvalue weighted by Crippen LogP contribution is 2.32. The molecule has 2 aliphatic rings. The zero-order chi connectivity index (χ0) is 15.3. The van der Waals surface area contributed by atoms with Crippen molar-refractivity contribution in [3.8, 4) is 0 Å². The van der Waals surface area contributed by atoms with Gasteiger partial charge < -0.3 is 4.90 Å². The second-order valence-electron chi connectivity index (χ2n) is 6.99. The van der Waals surface area contributed by atoms with E-state index in [1.807, 2.05) is 4.52 Å². The lowest BCUT2D eigenvalue weighted by Crippen LogP contribution is -2.37. The van der Waals surface area contributed by atoms with Crippen LogP contribution in [0.2, 0.25) is 0 Å². The van der Waals surface area contributed by atoms with Crippen LogP contribution in [0.3, 0.4) is 0 Å². The molecule has 2 atom stereocenters. The highest BCUT2D eigenvalue weighted by atomic mass is 15.4. The molecule has 2 aromatic rings. The van der Waals surface area contributed by atoms with Crippen molar-refractivity contribution in [2.45, 2.75) is 51.1 Å². The molecule has 4 rings (SSSR count). The molecule has 0 spiro atoms. The van der Waals surface area contributed by atoms with Gasteiger partial charge in [0.25, 0.3) is 0 Å². The molecule has 6 heteroatoms. The lowest BCUT2D eigenvalue weighted by atomic mass is 10.1. The van der Waals surface area contributed by atoms with Crippen LogP contribution in [0.4, 0.5) is 5.69 Å². The zero-order valence-electron chi connectivity index (χ0n) is 13.6. The summed E-state index contributed by atoms with van der Waals surface area (Å²) in [5.41, 5.74) is 3.17. The van der Waals surface area contributed by atoms with Gasteiger partial charge in [-0.25, -0.2) is 0 Å². The van der Waals surface area contributed by atoms with Crippen molar-refractivity contribution in [3.63, 3.8) is 0 Å². The topological polar surface area (TPSA) is 49.6 Å². The van der Waals surface area contributed by atoms with Crippen LogP contribution in [0.25, 0.3) is 5.65 Å². The summed E-state index contributed by atoms with van der Waals surface area (Å²) in [5, 5.41) is 13.0. The third-order valence-electron chi connectivity index (χ3n) is 5.35. The van der Waals surface area contributed by atoms with Gasteiger partial charge in [0.1, 0.15) is 6.33 Å². The highest BCUT2D eigenvalue weighted by molar-refractivity contribution is 5.68. The first-order valence-electron chi connectivity index (χ1n) is 8.31. The van der Waals surface area contributed by atoms with E-state index >= 15 is 0 Å². The van der Waals surface area contributed by atoms with Crippen molar-refractivity contribution in [1.82, 2.24) is 24.7 Å². The van der Waals surface area contributed by atoms with Gasteiger partial charge in [0.15, 0.2) is 0 Å². The Kier molecular flexibility index (Phi) is 3.29. The third kappa shape index (κ3) is 2.17. The van der Waals surface area contributed by atoms with Gasteiger partial charge in [-0.2, -0.15) is 9.61 Å². The lowest BCUT2D eigenvalue weighted by Gasteiger charge is -2.28. The molecule has 2 aromatic heterocycles. The number of nitrogens with zero attached hydrogens (tertiary/aromatic N) is 6. The van der Waals surface area contributed by atoms with Gasteiger partial charge in [-0.3, -0.25) is 4.90 Å². The summed E-state index contributed by atoms with van der Waals surface area (Å²) in [6.07, 6.45) is 5.60. The Morgan fingerprint density at radius 2 is 2.00 bits per heavy atom. The highest BCUT2D eigenvalue weighted by Gasteiger charge is 2.35. The molecule has 4 heterocycles. The molecule has 0 amide bonds.